The number of benzene rings is 1. The summed E-state index contributed by atoms with van der Waals surface area (Å²) in [6.07, 6.45) is 1.15. The van der Waals surface area contributed by atoms with Crippen LogP contribution < -0.4 is 5.32 Å². The fourth-order valence-corrected chi connectivity index (χ4v) is 2.29. The number of nitrogens with one attached hydrogen (secondary N) is 1. The average molecular weight is 259 g/mol. The van der Waals surface area contributed by atoms with Crippen LogP contribution in [-0.4, -0.2) is 6.54 Å². The largest absolute Gasteiger partial charge is 0.459 e. The maximum Gasteiger partial charge on any atom is 0.137 e. The third-order valence-corrected chi connectivity index (χ3v) is 3.45. The summed E-state index contributed by atoms with van der Waals surface area (Å²) >= 11 is 0. The van der Waals surface area contributed by atoms with E-state index in [4.69, 9.17) is 4.42 Å². The van der Waals surface area contributed by atoms with Gasteiger partial charge in [0.05, 0.1) is 6.54 Å². The Morgan fingerprint density at radius 1 is 1.16 bits per heavy atom. The summed E-state index contributed by atoms with van der Waals surface area (Å²) in [6.45, 7) is 12.9. The van der Waals surface area contributed by atoms with Gasteiger partial charge in [-0.05, 0) is 48.6 Å². The Hall–Kier alpha value is -1.28. The predicted octanol–water partition coefficient (Wildman–Crippen LogP) is 4.54. The number of rotatable bonds is 4. The number of furan rings is 1. The van der Waals surface area contributed by atoms with Gasteiger partial charge in [0.25, 0.3) is 0 Å². The van der Waals surface area contributed by atoms with Crippen molar-refractivity contribution in [2.45, 2.75) is 53.0 Å². The molecule has 0 aliphatic heterocycles. The quantitative estimate of drug-likeness (QED) is 0.816. The van der Waals surface area contributed by atoms with E-state index in [9.17, 15) is 0 Å². The van der Waals surface area contributed by atoms with Crippen molar-refractivity contribution in [3.05, 3.63) is 35.1 Å². The van der Waals surface area contributed by atoms with Gasteiger partial charge in [0.15, 0.2) is 0 Å². The van der Waals surface area contributed by atoms with Gasteiger partial charge in [0.1, 0.15) is 11.3 Å². The molecule has 0 aliphatic carbocycles. The third-order valence-electron chi connectivity index (χ3n) is 3.45. The molecular formula is C17H25NO. The van der Waals surface area contributed by atoms with Gasteiger partial charge in [-0.1, -0.05) is 33.8 Å². The summed E-state index contributed by atoms with van der Waals surface area (Å²) in [5.74, 6) is 1.03. The maximum atomic E-state index is 5.95. The van der Waals surface area contributed by atoms with Crippen molar-refractivity contribution in [3.63, 3.8) is 0 Å². The molecule has 2 heteroatoms. The highest BCUT2D eigenvalue weighted by Crippen LogP contribution is 2.30. The van der Waals surface area contributed by atoms with Gasteiger partial charge in [-0.3, -0.25) is 0 Å². The second-order valence-electron chi connectivity index (χ2n) is 6.35. The Morgan fingerprint density at radius 3 is 2.53 bits per heavy atom. The Labute approximate surface area is 116 Å². The van der Waals surface area contributed by atoms with Gasteiger partial charge in [0.2, 0.25) is 0 Å². The molecule has 1 aromatic heterocycles. The summed E-state index contributed by atoms with van der Waals surface area (Å²) in [6, 6.07) is 6.67. The van der Waals surface area contributed by atoms with Crippen molar-refractivity contribution in [1.82, 2.24) is 5.32 Å². The van der Waals surface area contributed by atoms with E-state index in [1.807, 2.05) is 0 Å². The lowest BCUT2D eigenvalue weighted by Gasteiger charge is -2.19. The number of hydrogen-bond donors (Lipinski definition) is 1. The molecular weight excluding hydrogens is 234 g/mol. The summed E-state index contributed by atoms with van der Waals surface area (Å²) in [5, 5.41) is 4.60. The second-order valence-corrected chi connectivity index (χ2v) is 6.35. The first-order chi connectivity index (χ1) is 8.91. The molecule has 0 radical (unpaired) electrons. The molecule has 2 aromatic rings. The molecule has 0 unspecified atom stereocenters. The highest BCUT2D eigenvalue weighted by Gasteiger charge is 2.16. The highest BCUT2D eigenvalue weighted by atomic mass is 16.3. The van der Waals surface area contributed by atoms with E-state index >= 15 is 0 Å². The Balaban J connectivity index is 2.34. The zero-order chi connectivity index (χ0) is 14.0. The van der Waals surface area contributed by atoms with Crippen LogP contribution in [0.1, 0.15) is 51.0 Å². The summed E-state index contributed by atoms with van der Waals surface area (Å²) in [4.78, 5) is 0. The van der Waals surface area contributed by atoms with E-state index in [0.29, 0.717) is 0 Å². The zero-order valence-corrected chi connectivity index (χ0v) is 12.8. The number of hydrogen-bond acceptors (Lipinski definition) is 2. The molecule has 1 N–H and O–H groups in total. The first kappa shape index (κ1) is 14.1. The van der Waals surface area contributed by atoms with Crippen LogP contribution >= 0.6 is 0 Å². The van der Waals surface area contributed by atoms with Crippen LogP contribution in [0.3, 0.4) is 0 Å². The van der Waals surface area contributed by atoms with E-state index < -0.39 is 0 Å². The minimum atomic E-state index is 0.177. The van der Waals surface area contributed by atoms with Crippen LogP contribution in [0, 0.1) is 6.92 Å². The molecule has 0 aliphatic rings. The lowest BCUT2D eigenvalue weighted by Crippen LogP contribution is -2.12. The molecule has 0 atom stereocenters. The van der Waals surface area contributed by atoms with E-state index in [1.165, 1.54) is 16.5 Å². The molecule has 0 fully saturated rings. The van der Waals surface area contributed by atoms with Crippen molar-refractivity contribution in [2.75, 3.05) is 6.54 Å². The summed E-state index contributed by atoms with van der Waals surface area (Å²) in [7, 11) is 0. The maximum absolute atomic E-state index is 5.95. The van der Waals surface area contributed by atoms with Crippen molar-refractivity contribution in [3.8, 4) is 0 Å². The van der Waals surface area contributed by atoms with Gasteiger partial charge >= 0.3 is 0 Å². The Morgan fingerprint density at radius 2 is 1.89 bits per heavy atom. The Bertz CT molecular complexity index is 560. The van der Waals surface area contributed by atoms with E-state index in [-0.39, 0.29) is 5.41 Å². The smallest absolute Gasteiger partial charge is 0.137 e. The number of aryl methyl sites for hydroxylation is 1. The van der Waals surface area contributed by atoms with Gasteiger partial charge in [0, 0.05) is 5.39 Å². The molecule has 19 heavy (non-hydrogen) atoms. The van der Waals surface area contributed by atoms with Crippen LogP contribution in [-0.2, 0) is 12.0 Å². The van der Waals surface area contributed by atoms with Gasteiger partial charge in [-0.2, -0.15) is 0 Å². The van der Waals surface area contributed by atoms with Crippen LogP contribution in [0.4, 0.5) is 0 Å². The van der Waals surface area contributed by atoms with E-state index in [1.54, 1.807) is 0 Å². The lowest BCUT2D eigenvalue weighted by atomic mass is 9.85. The first-order valence-electron chi connectivity index (χ1n) is 7.16. The topological polar surface area (TPSA) is 25.2 Å². The normalized spacial score (nSPS) is 12.3. The molecule has 2 nitrogen and oxygen atoms in total. The summed E-state index contributed by atoms with van der Waals surface area (Å²) < 4.78 is 5.95. The van der Waals surface area contributed by atoms with E-state index in [2.05, 4.69) is 58.1 Å². The molecule has 1 aromatic carbocycles. The zero-order valence-electron chi connectivity index (χ0n) is 12.8. The standard InChI is InChI=1S/C17H25NO/c1-6-7-18-11-15-10-13-9-14(17(3,4)5)8-12(2)16(13)19-15/h8-10,18H,6-7,11H2,1-5H3. The van der Waals surface area contributed by atoms with Crippen molar-refractivity contribution >= 4 is 11.0 Å². The fraction of sp³-hybridized carbons (Fsp3) is 0.529. The molecule has 0 amide bonds. The molecule has 0 spiro atoms. The molecule has 0 saturated heterocycles. The van der Waals surface area contributed by atoms with Crippen LogP contribution in [0.15, 0.2) is 22.6 Å². The van der Waals surface area contributed by atoms with E-state index in [0.717, 1.165) is 30.9 Å². The average Bonchev–Trinajstić information content (AvgIpc) is 2.71. The molecule has 0 saturated carbocycles. The third kappa shape index (κ3) is 3.19. The second kappa shape index (κ2) is 5.38. The van der Waals surface area contributed by atoms with Crippen molar-refractivity contribution in [2.24, 2.45) is 0 Å². The Kier molecular flexibility index (Phi) is 4.00. The molecule has 2 rings (SSSR count). The van der Waals surface area contributed by atoms with Crippen LogP contribution in [0.25, 0.3) is 11.0 Å². The van der Waals surface area contributed by atoms with Gasteiger partial charge < -0.3 is 9.73 Å². The fourth-order valence-electron chi connectivity index (χ4n) is 2.29. The molecule has 1 heterocycles. The SMILES string of the molecule is CCCNCc1cc2cc(C(C)(C)C)cc(C)c2o1. The molecule has 104 valence electrons. The first-order valence-corrected chi connectivity index (χ1v) is 7.16. The summed E-state index contributed by atoms with van der Waals surface area (Å²) in [5.41, 5.74) is 3.80. The van der Waals surface area contributed by atoms with Crippen LogP contribution in [0.2, 0.25) is 0 Å². The monoisotopic (exact) mass is 259 g/mol. The van der Waals surface area contributed by atoms with Crippen molar-refractivity contribution < 1.29 is 4.42 Å². The van der Waals surface area contributed by atoms with Gasteiger partial charge in [-0.15, -0.1) is 0 Å². The highest BCUT2D eigenvalue weighted by molar-refractivity contribution is 5.82. The van der Waals surface area contributed by atoms with Crippen molar-refractivity contribution in [1.29, 1.82) is 0 Å². The lowest BCUT2D eigenvalue weighted by molar-refractivity contribution is 0.512. The van der Waals surface area contributed by atoms with Crippen LogP contribution in [0.5, 0.6) is 0 Å². The minimum absolute atomic E-state index is 0.177. The minimum Gasteiger partial charge on any atom is -0.459 e. The number of fused-ring (bicyclic) bond motifs is 1. The molecule has 0 bridgehead atoms. The predicted molar refractivity (Wildman–Crippen MR) is 81.6 cm³/mol. The van der Waals surface area contributed by atoms with Gasteiger partial charge in [-0.25, -0.2) is 0 Å².